The topological polar surface area (TPSA) is 26.3 Å². The SMILES string of the molecule is O=C([Se])C1C=CC=CO1. The Morgan fingerprint density at radius 2 is 2.33 bits per heavy atom. The van der Waals surface area contributed by atoms with Gasteiger partial charge in [0.05, 0.1) is 0 Å². The molecule has 0 aromatic rings. The van der Waals surface area contributed by atoms with Gasteiger partial charge in [0.1, 0.15) is 0 Å². The molecule has 47 valence electrons. The van der Waals surface area contributed by atoms with Gasteiger partial charge in [0.25, 0.3) is 0 Å². The fourth-order valence-corrected chi connectivity index (χ4v) is 0.801. The molecule has 0 amide bonds. The summed E-state index contributed by atoms with van der Waals surface area (Å²) in [7, 11) is 0. The van der Waals surface area contributed by atoms with Crippen molar-refractivity contribution in [1.29, 1.82) is 0 Å². The van der Waals surface area contributed by atoms with E-state index in [1.165, 1.54) is 6.26 Å². The van der Waals surface area contributed by atoms with Crippen molar-refractivity contribution in [2.24, 2.45) is 0 Å². The normalized spacial score (nSPS) is 23.3. The summed E-state index contributed by atoms with van der Waals surface area (Å²) in [6.07, 6.45) is 6.30. The molecule has 1 radical (unpaired) electrons. The first-order valence-electron chi connectivity index (χ1n) is 2.50. The van der Waals surface area contributed by atoms with Gasteiger partial charge in [-0.3, -0.25) is 0 Å². The molecule has 1 heterocycles. The van der Waals surface area contributed by atoms with Crippen molar-refractivity contribution in [3.05, 3.63) is 24.5 Å². The molecule has 1 aliphatic heterocycles. The van der Waals surface area contributed by atoms with Gasteiger partial charge in [-0.1, -0.05) is 0 Å². The molecule has 0 N–H and O–H groups in total. The standard InChI is InChI=1S/C6H5O2Se/c7-6(9)5-3-1-2-4-8-5/h1-5H. The van der Waals surface area contributed by atoms with Crippen LogP contribution in [0.1, 0.15) is 0 Å². The molecule has 0 spiro atoms. The number of hydrogen-bond donors (Lipinski definition) is 0. The monoisotopic (exact) mass is 189 g/mol. The average Bonchev–Trinajstić information content (AvgIpc) is 1.90. The molecule has 3 heteroatoms. The van der Waals surface area contributed by atoms with Crippen LogP contribution < -0.4 is 0 Å². The van der Waals surface area contributed by atoms with Gasteiger partial charge in [-0.05, 0) is 0 Å². The number of hydrogen-bond acceptors (Lipinski definition) is 2. The maximum absolute atomic E-state index is 10.5. The number of ether oxygens (including phenoxy) is 1. The van der Waals surface area contributed by atoms with E-state index in [1.807, 2.05) is 0 Å². The molecular weight excluding hydrogens is 183 g/mol. The minimum absolute atomic E-state index is 0.0874. The van der Waals surface area contributed by atoms with Crippen LogP contribution in [0.15, 0.2) is 24.5 Å². The van der Waals surface area contributed by atoms with Crippen molar-refractivity contribution in [1.82, 2.24) is 0 Å². The Balaban J connectivity index is 2.56. The predicted molar refractivity (Wildman–Crippen MR) is 33.9 cm³/mol. The molecule has 0 saturated heterocycles. The Morgan fingerprint density at radius 1 is 1.56 bits per heavy atom. The van der Waals surface area contributed by atoms with Crippen LogP contribution in [0.5, 0.6) is 0 Å². The third-order valence-electron chi connectivity index (χ3n) is 0.933. The first-order valence-corrected chi connectivity index (χ1v) is 3.36. The van der Waals surface area contributed by atoms with E-state index < -0.39 is 6.10 Å². The Kier molecular flexibility index (Phi) is 2.09. The zero-order valence-electron chi connectivity index (χ0n) is 4.61. The molecule has 0 aromatic heterocycles. The Hall–Kier alpha value is -0.531. The third-order valence-corrected chi connectivity index (χ3v) is 1.42. The van der Waals surface area contributed by atoms with Crippen molar-refractivity contribution in [2.75, 3.05) is 0 Å². The summed E-state index contributed by atoms with van der Waals surface area (Å²) in [6.45, 7) is 0. The summed E-state index contributed by atoms with van der Waals surface area (Å²) in [4.78, 5) is 10.5. The number of allylic oxidation sites excluding steroid dienone is 2. The van der Waals surface area contributed by atoms with Gasteiger partial charge in [0.2, 0.25) is 0 Å². The predicted octanol–water partition coefficient (Wildman–Crippen LogP) is 0.150. The first kappa shape index (κ1) is 6.59. The van der Waals surface area contributed by atoms with Crippen molar-refractivity contribution < 1.29 is 9.53 Å². The quantitative estimate of drug-likeness (QED) is 0.547. The van der Waals surface area contributed by atoms with E-state index in [9.17, 15) is 4.79 Å². The van der Waals surface area contributed by atoms with Gasteiger partial charge in [-0.15, -0.1) is 0 Å². The van der Waals surface area contributed by atoms with E-state index in [1.54, 1.807) is 18.2 Å². The molecule has 1 aliphatic rings. The molecule has 1 unspecified atom stereocenters. The molecule has 2 nitrogen and oxygen atoms in total. The van der Waals surface area contributed by atoms with Crippen molar-refractivity contribution in [3.8, 4) is 0 Å². The van der Waals surface area contributed by atoms with Gasteiger partial charge in [-0.2, -0.15) is 0 Å². The van der Waals surface area contributed by atoms with E-state index >= 15 is 0 Å². The van der Waals surface area contributed by atoms with E-state index in [0.29, 0.717) is 0 Å². The van der Waals surface area contributed by atoms with Crippen molar-refractivity contribution in [2.45, 2.75) is 6.10 Å². The molecule has 0 bridgehead atoms. The van der Waals surface area contributed by atoms with E-state index in [0.717, 1.165) is 0 Å². The Morgan fingerprint density at radius 3 is 2.67 bits per heavy atom. The molecule has 0 aromatic carbocycles. The average molecular weight is 188 g/mol. The van der Waals surface area contributed by atoms with E-state index in [4.69, 9.17) is 4.74 Å². The van der Waals surface area contributed by atoms with E-state index in [-0.39, 0.29) is 4.68 Å². The fraction of sp³-hybridized carbons (Fsp3) is 0.167. The van der Waals surface area contributed by atoms with Gasteiger partial charge < -0.3 is 0 Å². The van der Waals surface area contributed by atoms with Crippen molar-refractivity contribution >= 4 is 20.7 Å². The third kappa shape index (κ3) is 1.70. The van der Waals surface area contributed by atoms with Gasteiger partial charge >= 0.3 is 60.8 Å². The van der Waals surface area contributed by atoms with Gasteiger partial charge in [0.15, 0.2) is 0 Å². The molecule has 0 aliphatic carbocycles. The number of carbonyl (C=O) groups excluding carboxylic acids is 1. The van der Waals surface area contributed by atoms with Crippen LogP contribution in [0.3, 0.4) is 0 Å². The molecular formula is C6H5O2Se. The second-order valence-electron chi connectivity index (χ2n) is 1.59. The summed E-state index contributed by atoms with van der Waals surface area (Å²) in [5.41, 5.74) is 0. The molecule has 0 saturated carbocycles. The number of carbonyl (C=O) groups is 1. The molecule has 1 atom stereocenters. The zero-order chi connectivity index (χ0) is 6.69. The van der Waals surface area contributed by atoms with Crippen molar-refractivity contribution in [3.63, 3.8) is 0 Å². The van der Waals surface area contributed by atoms with Crippen LogP contribution in [0.2, 0.25) is 0 Å². The fourth-order valence-electron chi connectivity index (χ4n) is 0.520. The molecule has 9 heavy (non-hydrogen) atoms. The summed E-state index contributed by atoms with van der Waals surface area (Å²) in [6, 6.07) is 0. The maximum atomic E-state index is 10.5. The minimum atomic E-state index is -0.407. The Bertz CT molecular complexity index is 172. The second-order valence-corrected chi connectivity index (χ2v) is 2.43. The number of rotatable bonds is 1. The second kappa shape index (κ2) is 2.85. The Labute approximate surface area is 61.4 Å². The molecule has 0 fully saturated rings. The summed E-state index contributed by atoms with van der Waals surface area (Å²) in [5, 5.41) is 0. The first-order chi connectivity index (χ1) is 4.30. The van der Waals surface area contributed by atoms with Crippen LogP contribution in [0.25, 0.3) is 0 Å². The summed E-state index contributed by atoms with van der Waals surface area (Å²) < 4.78 is 4.80. The van der Waals surface area contributed by atoms with Gasteiger partial charge in [0, 0.05) is 0 Å². The summed E-state index contributed by atoms with van der Waals surface area (Å²) in [5.74, 6) is 0. The van der Waals surface area contributed by atoms with Crippen LogP contribution in [0, 0.1) is 0 Å². The van der Waals surface area contributed by atoms with E-state index in [2.05, 4.69) is 16.0 Å². The van der Waals surface area contributed by atoms with Crippen LogP contribution in [0.4, 0.5) is 0 Å². The molecule has 1 rings (SSSR count). The van der Waals surface area contributed by atoms with Gasteiger partial charge in [-0.25, -0.2) is 0 Å². The van der Waals surface area contributed by atoms with Crippen LogP contribution in [-0.2, 0) is 9.53 Å². The van der Waals surface area contributed by atoms with Crippen LogP contribution >= 0.6 is 0 Å². The summed E-state index contributed by atoms with van der Waals surface area (Å²) >= 11 is 2.36. The van der Waals surface area contributed by atoms with Crippen LogP contribution in [-0.4, -0.2) is 26.8 Å². The zero-order valence-corrected chi connectivity index (χ0v) is 6.32.